The molecule has 23 heavy (non-hydrogen) atoms. The van der Waals surface area contributed by atoms with Crippen LogP contribution in [0.3, 0.4) is 0 Å². The van der Waals surface area contributed by atoms with Crippen LogP contribution in [0.5, 0.6) is 0 Å². The minimum atomic E-state index is -0.00856. The first kappa shape index (κ1) is 15.7. The van der Waals surface area contributed by atoms with E-state index in [1.807, 2.05) is 36.5 Å². The van der Waals surface area contributed by atoms with Gasteiger partial charge < -0.3 is 5.32 Å². The first-order valence-corrected chi connectivity index (χ1v) is 8.28. The van der Waals surface area contributed by atoms with Gasteiger partial charge in [0.05, 0.1) is 11.7 Å². The fraction of sp³-hybridized carbons (Fsp3) is 0.444. The lowest BCUT2D eigenvalue weighted by molar-refractivity contribution is -0.120. The van der Waals surface area contributed by atoms with E-state index in [4.69, 9.17) is 0 Å². The summed E-state index contributed by atoms with van der Waals surface area (Å²) in [5.41, 5.74) is 1.76. The molecule has 0 saturated carbocycles. The molecule has 5 nitrogen and oxygen atoms in total. The lowest BCUT2D eigenvalue weighted by Gasteiger charge is -2.25. The summed E-state index contributed by atoms with van der Waals surface area (Å²) in [6.45, 7) is 6.39. The third kappa shape index (κ3) is 3.79. The largest absolute Gasteiger partial charge is 0.325 e. The minimum absolute atomic E-state index is 0.00856. The Labute approximate surface area is 137 Å². The van der Waals surface area contributed by atoms with Crippen LogP contribution < -0.4 is 5.32 Å². The van der Waals surface area contributed by atoms with E-state index >= 15 is 0 Å². The van der Waals surface area contributed by atoms with Crippen LogP contribution in [0.2, 0.25) is 0 Å². The molecule has 1 aromatic carbocycles. The molecule has 0 radical (unpaired) electrons. The van der Waals surface area contributed by atoms with Crippen LogP contribution in [0.4, 0.5) is 5.69 Å². The number of amides is 1. The first-order valence-electron chi connectivity index (χ1n) is 8.28. The van der Waals surface area contributed by atoms with E-state index in [0.717, 1.165) is 37.3 Å². The molecule has 1 fully saturated rings. The summed E-state index contributed by atoms with van der Waals surface area (Å²) in [4.78, 5) is 14.9. The molecule has 1 N–H and O–H groups in total. The number of nitrogens with zero attached hydrogens (tertiary/aromatic N) is 3. The number of carbonyl (C=O) groups is 1. The van der Waals surface area contributed by atoms with Crippen LogP contribution in [0.1, 0.15) is 26.7 Å². The molecule has 0 aliphatic carbocycles. The Morgan fingerprint density at radius 3 is 3.00 bits per heavy atom. The van der Waals surface area contributed by atoms with Crippen LogP contribution >= 0.6 is 0 Å². The smallest absolute Gasteiger partial charge is 0.241 e. The molecule has 0 bridgehead atoms. The van der Waals surface area contributed by atoms with Crippen molar-refractivity contribution in [2.75, 3.05) is 18.4 Å². The Kier molecular flexibility index (Phi) is 4.76. The number of rotatable bonds is 5. The van der Waals surface area contributed by atoms with Crippen molar-refractivity contribution in [1.82, 2.24) is 14.7 Å². The van der Waals surface area contributed by atoms with Gasteiger partial charge in [0.25, 0.3) is 0 Å². The molecule has 1 aromatic heterocycles. The monoisotopic (exact) mass is 312 g/mol. The van der Waals surface area contributed by atoms with Crippen LogP contribution in [0.25, 0.3) is 5.69 Å². The second-order valence-corrected chi connectivity index (χ2v) is 6.54. The molecule has 3 rings (SSSR count). The van der Waals surface area contributed by atoms with E-state index in [0.29, 0.717) is 5.92 Å². The Balaban J connectivity index is 1.69. The lowest BCUT2D eigenvalue weighted by atomic mass is 10.1. The molecule has 1 amide bonds. The number of nitrogens with one attached hydrogen (secondary N) is 1. The minimum Gasteiger partial charge on any atom is -0.325 e. The van der Waals surface area contributed by atoms with Crippen molar-refractivity contribution in [1.29, 1.82) is 0 Å². The van der Waals surface area contributed by atoms with Crippen LogP contribution in [-0.2, 0) is 4.79 Å². The first-order chi connectivity index (χ1) is 11.1. The van der Waals surface area contributed by atoms with E-state index in [-0.39, 0.29) is 11.9 Å². The second kappa shape index (κ2) is 6.96. The Bertz CT molecular complexity index is 651. The van der Waals surface area contributed by atoms with Crippen molar-refractivity contribution in [3.05, 3.63) is 42.7 Å². The molecule has 1 aliphatic heterocycles. The molecule has 2 aromatic rings. The molecule has 122 valence electrons. The predicted molar refractivity (Wildman–Crippen MR) is 91.6 cm³/mol. The van der Waals surface area contributed by atoms with Crippen molar-refractivity contribution in [2.45, 2.75) is 32.7 Å². The highest BCUT2D eigenvalue weighted by Crippen LogP contribution is 2.21. The average molecular weight is 312 g/mol. The van der Waals surface area contributed by atoms with Gasteiger partial charge in [-0.15, -0.1) is 0 Å². The quantitative estimate of drug-likeness (QED) is 0.923. The highest BCUT2D eigenvalue weighted by Gasteiger charge is 2.30. The average Bonchev–Trinajstić information content (AvgIpc) is 3.18. The van der Waals surface area contributed by atoms with Gasteiger partial charge in [-0.3, -0.25) is 9.69 Å². The van der Waals surface area contributed by atoms with Gasteiger partial charge >= 0.3 is 0 Å². The van der Waals surface area contributed by atoms with Crippen molar-refractivity contribution in [3.63, 3.8) is 0 Å². The summed E-state index contributed by atoms with van der Waals surface area (Å²) in [6, 6.07) is 9.66. The highest BCUT2D eigenvalue weighted by atomic mass is 16.2. The number of hydrogen-bond donors (Lipinski definition) is 1. The summed E-state index contributed by atoms with van der Waals surface area (Å²) in [6.07, 6.45) is 5.67. The third-order valence-electron chi connectivity index (χ3n) is 4.15. The zero-order valence-corrected chi connectivity index (χ0v) is 13.8. The topological polar surface area (TPSA) is 50.2 Å². The maximum Gasteiger partial charge on any atom is 0.241 e. The number of carbonyl (C=O) groups excluding carboxylic acids is 1. The summed E-state index contributed by atoms with van der Waals surface area (Å²) in [5.74, 6) is 0.673. The fourth-order valence-electron chi connectivity index (χ4n) is 3.18. The maximum absolute atomic E-state index is 12.6. The molecule has 1 aliphatic rings. The lowest BCUT2D eigenvalue weighted by Crippen LogP contribution is -2.41. The van der Waals surface area contributed by atoms with Gasteiger partial charge in [0.15, 0.2) is 0 Å². The Hall–Kier alpha value is -2.14. The van der Waals surface area contributed by atoms with Crippen molar-refractivity contribution >= 4 is 11.6 Å². The van der Waals surface area contributed by atoms with Crippen molar-refractivity contribution < 1.29 is 4.79 Å². The number of hydrogen-bond acceptors (Lipinski definition) is 3. The molecular formula is C18H24N4O. The summed E-state index contributed by atoms with van der Waals surface area (Å²) in [5, 5.41) is 7.29. The molecular weight excluding hydrogens is 288 g/mol. The molecule has 5 heteroatoms. The van der Waals surface area contributed by atoms with Crippen LogP contribution in [-0.4, -0.2) is 39.7 Å². The normalized spacial score (nSPS) is 18.5. The van der Waals surface area contributed by atoms with Gasteiger partial charge in [-0.2, -0.15) is 5.10 Å². The van der Waals surface area contributed by atoms with E-state index in [9.17, 15) is 4.79 Å². The van der Waals surface area contributed by atoms with Gasteiger partial charge in [0.2, 0.25) is 5.91 Å². The zero-order chi connectivity index (χ0) is 16.2. The number of aromatic nitrogens is 2. The van der Waals surface area contributed by atoms with Crippen LogP contribution in [0, 0.1) is 5.92 Å². The predicted octanol–water partition coefficient (Wildman–Crippen LogP) is 2.93. The van der Waals surface area contributed by atoms with Gasteiger partial charge in [0, 0.05) is 24.6 Å². The molecule has 1 unspecified atom stereocenters. The zero-order valence-electron chi connectivity index (χ0n) is 13.8. The number of benzene rings is 1. The van der Waals surface area contributed by atoms with E-state index < -0.39 is 0 Å². The standard InChI is InChI=1S/C18H24N4O/c1-14(2)13-21-10-4-8-17(21)18(23)20-15-6-3-7-16(12-15)22-11-5-9-19-22/h3,5-7,9,11-12,14,17H,4,8,10,13H2,1-2H3,(H,20,23). The molecule has 2 heterocycles. The molecule has 0 spiro atoms. The number of anilines is 1. The maximum atomic E-state index is 12.6. The summed E-state index contributed by atoms with van der Waals surface area (Å²) < 4.78 is 1.79. The van der Waals surface area contributed by atoms with E-state index in [2.05, 4.69) is 29.2 Å². The van der Waals surface area contributed by atoms with Gasteiger partial charge in [-0.25, -0.2) is 4.68 Å². The third-order valence-corrected chi connectivity index (χ3v) is 4.15. The van der Waals surface area contributed by atoms with E-state index in [1.54, 1.807) is 10.9 Å². The Morgan fingerprint density at radius 2 is 2.26 bits per heavy atom. The van der Waals surface area contributed by atoms with Gasteiger partial charge in [-0.1, -0.05) is 19.9 Å². The Morgan fingerprint density at radius 1 is 1.39 bits per heavy atom. The molecule has 1 atom stereocenters. The van der Waals surface area contributed by atoms with Crippen LogP contribution in [0.15, 0.2) is 42.7 Å². The fourth-order valence-corrected chi connectivity index (χ4v) is 3.18. The summed E-state index contributed by atoms with van der Waals surface area (Å²) in [7, 11) is 0. The number of likely N-dealkylation sites (tertiary alicyclic amines) is 1. The SMILES string of the molecule is CC(C)CN1CCCC1C(=O)Nc1cccc(-n2cccn2)c1. The highest BCUT2D eigenvalue weighted by molar-refractivity contribution is 5.95. The van der Waals surface area contributed by atoms with Gasteiger partial charge in [-0.05, 0) is 49.6 Å². The van der Waals surface area contributed by atoms with Gasteiger partial charge in [0.1, 0.15) is 0 Å². The van der Waals surface area contributed by atoms with E-state index in [1.165, 1.54) is 0 Å². The molecule has 1 saturated heterocycles. The second-order valence-electron chi connectivity index (χ2n) is 6.54. The van der Waals surface area contributed by atoms with Crippen molar-refractivity contribution in [3.8, 4) is 5.69 Å². The van der Waals surface area contributed by atoms with Crippen molar-refractivity contribution in [2.24, 2.45) is 5.92 Å². The summed E-state index contributed by atoms with van der Waals surface area (Å²) >= 11 is 0.